The summed E-state index contributed by atoms with van der Waals surface area (Å²) in [5.74, 6) is 0.251. The van der Waals surface area contributed by atoms with E-state index in [1.54, 1.807) is 13.8 Å². The summed E-state index contributed by atoms with van der Waals surface area (Å²) < 4.78 is 32.5. The van der Waals surface area contributed by atoms with Crippen molar-refractivity contribution in [1.29, 1.82) is 0 Å². The van der Waals surface area contributed by atoms with Crippen LogP contribution in [-0.4, -0.2) is 48.4 Å². The van der Waals surface area contributed by atoms with Crippen molar-refractivity contribution in [3.63, 3.8) is 0 Å². The Kier molecular flexibility index (Phi) is 6.35. The Morgan fingerprint density at radius 2 is 2.10 bits per heavy atom. The molecule has 0 aromatic carbocycles. The zero-order chi connectivity index (χ0) is 16.0. The minimum atomic E-state index is -3.68. The standard InChI is InChI=1S/C13H23N3O4S/c1-5-8-16-10-12(14-11(16)3)21(18,19)15(4)9-7-13(17)20-6-2/h10H,5-9H2,1-4H3. The number of aromatic nitrogens is 2. The first-order chi connectivity index (χ1) is 9.82. The molecule has 0 spiro atoms. The zero-order valence-electron chi connectivity index (χ0n) is 13.0. The SMILES string of the molecule is CCCn1cc(S(=O)(=O)N(C)CCC(=O)OCC)nc1C. The van der Waals surface area contributed by atoms with Crippen LogP contribution in [0.3, 0.4) is 0 Å². The maximum atomic E-state index is 12.4. The Balaban J connectivity index is 2.80. The lowest BCUT2D eigenvalue weighted by atomic mass is 10.4. The van der Waals surface area contributed by atoms with Crippen molar-refractivity contribution in [2.75, 3.05) is 20.2 Å². The van der Waals surface area contributed by atoms with Crippen molar-refractivity contribution in [3.8, 4) is 0 Å². The molecule has 0 saturated carbocycles. The first-order valence-corrected chi connectivity index (χ1v) is 8.42. The zero-order valence-corrected chi connectivity index (χ0v) is 13.8. The minimum absolute atomic E-state index is 0.0137. The van der Waals surface area contributed by atoms with Gasteiger partial charge in [0.1, 0.15) is 5.82 Å². The second-order valence-electron chi connectivity index (χ2n) is 4.70. The summed E-state index contributed by atoms with van der Waals surface area (Å²) in [6.07, 6.45) is 2.46. The van der Waals surface area contributed by atoms with Crippen molar-refractivity contribution >= 4 is 16.0 Å². The smallest absolute Gasteiger partial charge is 0.307 e. The number of aryl methyl sites for hydroxylation is 2. The summed E-state index contributed by atoms with van der Waals surface area (Å²) in [5, 5.41) is 0.0137. The summed E-state index contributed by atoms with van der Waals surface area (Å²) in [6.45, 7) is 6.57. The number of carbonyl (C=O) groups excluding carboxylic acids is 1. The number of ether oxygens (including phenoxy) is 1. The molecule has 0 saturated heterocycles. The first-order valence-electron chi connectivity index (χ1n) is 6.98. The molecule has 21 heavy (non-hydrogen) atoms. The molecule has 0 atom stereocenters. The molecule has 1 heterocycles. The molecule has 0 fully saturated rings. The van der Waals surface area contributed by atoms with Gasteiger partial charge in [0.15, 0.2) is 5.03 Å². The van der Waals surface area contributed by atoms with Crippen molar-refractivity contribution in [1.82, 2.24) is 13.9 Å². The third-order valence-corrected chi connectivity index (χ3v) is 4.76. The van der Waals surface area contributed by atoms with Gasteiger partial charge >= 0.3 is 5.97 Å². The molecule has 7 nitrogen and oxygen atoms in total. The molecule has 8 heteroatoms. The highest BCUT2D eigenvalue weighted by Crippen LogP contribution is 2.14. The quantitative estimate of drug-likeness (QED) is 0.672. The Bertz CT molecular complexity index is 580. The topological polar surface area (TPSA) is 81.5 Å². The van der Waals surface area contributed by atoms with E-state index in [4.69, 9.17) is 4.74 Å². The van der Waals surface area contributed by atoms with Gasteiger partial charge in [-0.1, -0.05) is 6.92 Å². The van der Waals surface area contributed by atoms with E-state index in [0.29, 0.717) is 5.82 Å². The third-order valence-electron chi connectivity index (χ3n) is 3.03. The van der Waals surface area contributed by atoms with Crippen LogP contribution in [0.15, 0.2) is 11.2 Å². The van der Waals surface area contributed by atoms with Crippen LogP contribution >= 0.6 is 0 Å². The van der Waals surface area contributed by atoms with E-state index in [1.807, 2.05) is 11.5 Å². The number of carbonyl (C=O) groups is 1. The number of sulfonamides is 1. The minimum Gasteiger partial charge on any atom is -0.466 e. The van der Waals surface area contributed by atoms with E-state index in [9.17, 15) is 13.2 Å². The van der Waals surface area contributed by atoms with Crippen molar-refractivity contribution in [2.24, 2.45) is 0 Å². The van der Waals surface area contributed by atoms with E-state index in [2.05, 4.69) is 4.98 Å². The first kappa shape index (κ1) is 17.6. The van der Waals surface area contributed by atoms with Crippen LogP contribution in [0.5, 0.6) is 0 Å². The van der Waals surface area contributed by atoms with Crippen LogP contribution in [0.2, 0.25) is 0 Å². The average Bonchev–Trinajstić information content (AvgIpc) is 2.79. The molecule has 1 aromatic heterocycles. The van der Waals surface area contributed by atoms with Gasteiger partial charge in [0.05, 0.1) is 13.0 Å². The normalized spacial score (nSPS) is 11.9. The monoisotopic (exact) mass is 317 g/mol. The van der Waals surface area contributed by atoms with E-state index in [0.717, 1.165) is 17.3 Å². The van der Waals surface area contributed by atoms with Gasteiger partial charge in [-0.2, -0.15) is 4.31 Å². The lowest BCUT2D eigenvalue weighted by Crippen LogP contribution is -2.29. The molecule has 0 aliphatic heterocycles. The van der Waals surface area contributed by atoms with Crippen LogP contribution in [0, 0.1) is 6.92 Å². The maximum Gasteiger partial charge on any atom is 0.307 e. The lowest BCUT2D eigenvalue weighted by Gasteiger charge is -2.14. The van der Waals surface area contributed by atoms with E-state index < -0.39 is 16.0 Å². The fourth-order valence-corrected chi connectivity index (χ4v) is 2.99. The Morgan fingerprint density at radius 3 is 2.67 bits per heavy atom. The molecule has 0 aliphatic carbocycles. The number of nitrogens with zero attached hydrogens (tertiary/aromatic N) is 3. The molecule has 0 bridgehead atoms. The molecule has 0 amide bonds. The maximum absolute atomic E-state index is 12.4. The van der Waals surface area contributed by atoms with Crippen LogP contribution in [0.25, 0.3) is 0 Å². The Hall–Kier alpha value is -1.41. The average molecular weight is 317 g/mol. The van der Waals surface area contributed by atoms with Crippen molar-refractivity contribution < 1.29 is 17.9 Å². The number of esters is 1. The number of imidazole rings is 1. The third kappa shape index (κ3) is 4.53. The summed E-state index contributed by atoms with van der Waals surface area (Å²) in [5.41, 5.74) is 0. The molecule has 0 radical (unpaired) electrons. The summed E-state index contributed by atoms with van der Waals surface area (Å²) in [6, 6.07) is 0. The van der Waals surface area contributed by atoms with Gasteiger partial charge in [-0.25, -0.2) is 13.4 Å². The fourth-order valence-electron chi connectivity index (χ4n) is 1.83. The number of rotatable bonds is 8. The van der Waals surface area contributed by atoms with Gasteiger partial charge in [-0.15, -0.1) is 0 Å². The predicted octanol–water partition coefficient (Wildman–Crippen LogP) is 1.18. The van der Waals surface area contributed by atoms with Gasteiger partial charge in [0, 0.05) is 26.3 Å². The molecule has 1 aromatic rings. The highest BCUT2D eigenvalue weighted by atomic mass is 32.2. The fraction of sp³-hybridized carbons (Fsp3) is 0.692. The second kappa shape index (κ2) is 7.56. The van der Waals surface area contributed by atoms with Gasteiger partial charge in [-0.05, 0) is 20.3 Å². The van der Waals surface area contributed by atoms with Crippen LogP contribution in [-0.2, 0) is 26.1 Å². The van der Waals surface area contributed by atoms with Gasteiger partial charge in [0.2, 0.25) is 0 Å². The summed E-state index contributed by atoms with van der Waals surface area (Å²) in [4.78, 5) is 15.4. The van der Waals surface area contributed by atoms with Gasteiger partial charge in [-0.3, -0.25) is 4.79 Å². The van der Waals surface area contributed by atoms with Crippen LogP contribution in [0.4, 0.5) is 0 Å². The second-order valence-corrected chi connectivity index (χ2v) is 6.69. The molecular weight excluding hydrogens is 294 g/mol. The van der Waals surface area contributed by atoms with Crippen LogP contribution < -0.4 is 0 Å². The number of hydrogen-bond acceptors (Lipinski definition) is 5. The molecular formula is C13H23N3O4S. The lowest BCUT2D eigenvalue weighted by molar-refractivity contribution is -0.143. The van der Waals surface area contributed by atoms with E-state index in [1.165, 1.54) is 13.2 Å². The largest absolute Gasteiger partial charge is 0.466 e. The molecule has 1 rings (SSSR count). The van der Waals surface area contributed by atoms with Gasteiger partial charge in [0.25, 0.3) is 10.0 Å². The van der Waals surface area contributed by atoms with E-state index >= 15 is 0 Å². The molecule has 0 unspecified atom stereocenters. The van der Waals surface area contributed by atoms with Gasteiger partial charge < -0.3 is 9.30 Å². The summed E-state index contributed by atoms with van der Waals surface area (Å²) >= 11 is 0. The highest BCUT2D eigenvalue weighted by molar-refractivity contribution is 7.89. The number of hydrogen-bond donors (Lipinski definition) is 0. The van der Waals surface area contributed by atoms with Crippen LogP contribution in [0.1, 0.15) is 32.5 Å². The van der Waals surface area contributed by atoms with Crippen molar-refractivity contribution in [3.05, 3.63) is 12.0 Å². The molecule has 120 valence electrons. The Labute approximate surface area is 126 Å². The Morgan fingerprint density at radius 1 is 1.43 bits per heavy atom. The van der Waals surface area contributed by atoms with Crippen molar-refractivity contribution in [2.45, 2.75) is 45.2 Å². The molecule has 0 aliphatic rings. The predicted molar refractivity (Wildman–Crippen MR) is 78.3 cm³/mol. The molecule has 0 N–H and O–H groups in total. The summed E-state index contributed by atoms with van der Waals surface area (Å²) in [7, 11) is -2.24. The highest BCUT2D eigenvalue weighted by Gasteiger charge is 2.25. The van der Waals surface area contributed by atoms with E-state index in [-0.39, 0.29) is 24.6 Å².